The second kappa shape index (κ2) is 10.3. The molecule has 2 amide bonds. The lowest BCUT2D eigenvalue weighted by molar-refractivity contribution is -0.136. The van der Waals surface area contributed by atoms with Gasteiger partial charge in [0.2, 0.25) is 0 Å². The van der Waals surface area contributed by atoms with Crippen LogP contribution in [0.2, 0.25) is 0 Å². The Bertz CT molecular complexity index is 1100. The van der Waals surface area contributed by atoms with Crippen molar-refractivity contribution in [3.8, 4) is 28.4 Å². The molecule has 0 saturated carbocycles. The summed E-state index contributed by atoms with van der Waals surface area (Å²) in [5.41, 5.74) is 3.27. The largest absolute Gasteiger partial charge is 0.496 e. The molecule has 0 heterocycles. The molecule has 166 valence electrons. The zero-order chi connectivity index (χ0) is 23.1. The summed E-state index contributed by atoms with van der Waals surface area (Å²) in [5.74, 6) is 0.263. The maximum Gasteiger partial charge on any atom is 0.313 e. The minimum atomic E-state index is -0.769. The molecule has 0 aliphatic heterocycles. The SMILES string of the molecule is COc1ccc(NC(=O)C(=O)NC(C)c2ccc(-c3ccccc3OC)cc2)cc1OC. The van der Waals surface area contributed by atoms with Crippen LogP contribution in [-0.2, 0) is 9.59 Å². The minimum absolute atomic E-state index is 0.356. The molecule has 0 fully saturated rings. The molecule has 3 rings (SSSR count). The Morgan fingerprint density at radius 1 is 0.750 bits per heavy atom. The maximum absolute atomic E-state index is 12.4. The number of anilines is 1. The van der Waals surface area contributed by atoms with Gasteiger partial charge in [0.25, 0.3) is 0 Å². The standard InChI is InChI=1S/C25H26N2O5/c1-16(17-9-11-18(12-10-17)20-7-5-6-8-21(20)30-2)26-24(28)25(29)27-19-13-14-22(31-3)23(15-19)32-4/h5-16H,1-4H3,(H,26,28)(H,27,29). The van der Waals surface area contributed by atoms with E-state index in [2.05, 4.69) is 10.6 Å². The molecule has 1 atom stereocenters. The van der Waals surface area contributed by atoms with E-state index in [1.807, 2.05) is 55.5 Å². The molecule has 0 saturated heterocycles. The van der Waals surface area contributed by atoms with Gasteiger partial charge in [0.05, 0.1) is 27.4 Å². The van der Waals surface area contributed by atoms with Gasteiger partial charge < -0.3 is 24.8 Å². The number of methoxy groups -OCH3 is 3. The highest BCUT2D eigenvalue weighted by atomic mass is 16.5. The van der Waals surface area contributed by atoms with E-state index >= 15 is 0 Å². The summed E-state index contributed by atoms with van der Waals surface area (Å²) < 4.78 is 15.8. The van der Waals surface area contributed by atoms with E-state index in [1.165, 1.54) is 14.2 Å². The molecule has 32 heavy (non-hydrogen) atoms. The van der Waals surface area contributed by atoms with Gasteiger partial charge in [-0.3, -0.25) is 9.59 Å². The molecule has 0 bridgehead atoms. The number of carbonyl (C=O) groups excluding carboxylic acids is 2. The highest BCUT2D eigenvalue weighted by molar-refractivity contribution is 6.39. The monoisotopic (exact) mass is 434 g/mol. The summed E-state index contributed by atoms with van der Waals surface area (Å²) in [7, 11) is 4.66. The van der Waals surface area contributed by atoms with E-state index in [1.54, 1.807) is 25.3 Å². The van der Waals surface area contributed by atoms with Crippen molar-refractivity contribution < 1.29 is 23.8 Å². The third-order valence-electron chi connectivity index (χ3n) is 5.02. The number of para-hydroxylation sites is 1. The molecule has 1 unspecified atom stereocenters. The van der Waals surface area contributed by atoms with Crippen LogP contribution < -0.4 is 24.8 Å². The van der Waals surface area contributed by atoms with Crippen molar-refractivity contribution in [3.63, 3.8) is 0 Å². The van der Waals surface area contributed by atoms with Crippen LogP contribution in [0.1, 0.15) is 18.5 Å². The quantitative estimate of drug-likeness (QED) is 0.545. The predicted molar refractivity (Wildman–Crippen MR) is 123 cm³/mol. The maximum atomic E-state index is 12.4. The Kier molecular flexibility index (Phi) is 7.33. The lowest BCUT2D eigenvalue weighted by atomic mass is 10.0. The molecule has 0 radical (unpaired) electrons. The fourth-order valence-electron chi connectivity index (χ4n) is 3.28. The number of amides is 2. The van der Waals surface area contributed by atoms with E-state index in [9.17, 15) is 9.59 Å². The van der Waals surface area contributed by atoms with Gasteiger partial charge in [0, 0.05) is 17.3 Å². The van der Waals surface area contributed by atoms with Gasteiger partial charge in [-0.25, -0.2) is 0 Å². The molecule has 3 aromatic rings. The summed E-state index contributed by atoms with van der Waals surface area (Å²) in [5, 5.41) is 5.28. The predicted octanol–water partition coefficient (Wildman–Crippen LogP) is 4.20. The van der Waals surface area contributed by atoms with Crippen molar-refractivity contribution in [2.45, 2.75) is 13.0 Å². The number of hydrogen-bond acceptors (Lipinski definition) is 5. The number of rotatable bonds is 7. The third-order valence-corrected chi connectivity index (χ3v) is 5.02. The van der Waals surface area contributed by atoms with Gasteiger partial charge in [0.15, 0.2) is 11.5 Å². The number of nitrogens with one attached hydrogen (secondary N) is 2. The number of hydrogen-bond donors (Lipinski definition) is 2. The zero-order valence-electron chi connectivity index (χ0n) is 18.5. The Morgan fingerprint density at radius 2 is 1.41 bits per heavy atom. The summed E-state index contributed by atoms with van der Waals surface area (Å²) >= 11 is 0. The molecule has 0 aliphatic carbocycles. The molecule has 7 heteroatoms. The fourth-order valence-corrected chi connectivity index (χ4v) is 3.28. The summed E-state index contributed by atoms with van der Waals surface area (Å²) in [6.45, 7) is 1.82. The van der Waals surface area contributed by atoms with Gasteiger partial charge in [-0.2, -0.15) is 0 Å². The topological polar surface area (TPSA) is 85.9 Å². The summed E-state index contributed by atoms with van der Waals surface area (Å²) in [6.07, 6.45) is 0. The van der Waals surface area contributed by atoms with Crippen molar-refractivity contribution in [1.82, 2.24) is 5.32 Å². The van der Waals surface area contributed by atoms with E-state index in [-0.39, 0.29) is 6.04 Å². The molecular formula is C25H26N2O5. The normalized spacial score (nSPS) is 11.2. The van der Waals surface area contributed by atoms with Crippen LogP contribution >= 0.6 is 0 Å². The Labute approximate surface area is 187 Å². The molecule has 2 N–H and O–H groups in total. The minimum Gasteiger partial charge on any atom is -0.496 e. The van der Waals surface area contributed by atoms with Crippen molar-refractivity contribution >= 4 is 17.5 Å². The molecule has 0 aliphatic rings. The second-order valence-corrected chi connectivity index (χ2v) is 7.04. The van der Waals surface area contributed by atoms with Crippen LogP contribution in [0.4, 0.5) is 5.69 Å². The van der Waals surface area contributed by atoms with E-state index in [0.717, 1.165) is 22.4 Å². The lowest BCUT2D eigenvalue weighted by Gasteiger charge is -2.16. The fraction of sp³-hybridized carbons (Fsp3) is 0.200. The van der Waals surface area contributed by atoms with E-state index in [0.29, 0.717) is 17.2 Å². The first-order chi connectivity index (χ1) is 15.5. The van der Waals surface area contributed by atoms with Crippen LogP contribution in [0.15, 0.2) is 66.7 Å². The third kappa shape index (κ3) is 5.18. The van der Waals surface area contributed by atoms with Crippen molar-refractivity contribution in [3.05, 3.63) is 72.3 Å². The van der Waals surface area contributed by atoms with Crippen LogP contribution in [0.3, 0.4) is 0 Å². The van der Waals surface area contributed by atoms with Crippen LogP contribution in [0.5, 0.6) is 17.2 Å². The number of benzene rings is 3. The van der Waals surface area contributed by atoms with Crippen molar-refractivity contribution in [1.29, 1.82) is 0 Å². The van der Waals surface area contributed by atoms with E-state index in [4.69, 9.17) is 14.2 Å². The molecule has 3 aromatic carbocycles. The highest BCUT2D eigenvalue weighted by Crippen LogP contribution is 2.31. The number of carbonyl (C=O) groups is 2. The average Bonchev–Trinajstić information content (AvgIpc) is 2.83. The van der Waals surface area contributed by atoms with Crippen LogP contribution in [0.25, 0.3) is 11.1 Å². The molecule has 0 aromatic heterocycles. The smallest absolute Gasteiger partial charge is 0.313 e. The first-order valence-corrected chi connectivity index (χ1v) is 10.0. The Morgan fingerprint density at radius 3 is 2.06 bits per heavy atom. The Balaban J connectivity index is 1.64. The van der Waals surface area contributed by atoms with Crippen LogP contribution in [-0.4, -0.2) is 33.1 Å². The zero-order valence-corrected chi connectivity index (χ0v) is 18.5. The van der Waals surface area contributed by atoms with Crippen LogP contribution in [0, 0.1) is 0 Å². The second-order valence-electron chi connectivity index (χ2n) is 7.04. The van der Waals surface area contributed by atoms with Gasteiger partial charge in [-0.05, 0) is 36.2 Å². The van der Waals surface area contributed by atoms with Gasteiger partial charge >= 0.3 is 11.8 Å². The van der Waals surface area contributed by atoms with E-state index < -0.39 is 11.8 Å². The molecular weight excluding hydrogens is 408 g/mol. The van der Waals surface area contributed by atoms with Crippen molar-refractivity contribution in [2.75, 3.05) is 26.6 Å². The highest BCUT2D eigenvalue weighted by Gasteiger charge is 2.18. The first kappa shape index (κ1) is 22.7. The lowest BCUT2D eigenvalue weighted by Crippen LogP contribution is -2.36. The number of ether oxygens (including phenoxy) is 3. The summed E-state index contributed by atoms with van der Waals surface area (Å²) in [4.78, 5) is 24.7. The van der Waals surface area contributed by atoms with Gasteiger partial charge in [-0.15, -0.1) is 0 Å². The molecule has 7 nitrogen and oxygen atoms in total. The molecule has 0 spiro atoms. The first-order valence-electron chi connectivity index (χ1n) is 10.0. The van der Waals surface area contributed by atoms with Gasteiger partial charge in [-0.1, -0.05) is 42.5 Å². The average molecular weight is 434 g/mol. The van der Waals surface area contributed by atoms with Crippen molar-refractivity contribution in [2.24, 2.45) is 0 Å². The van der Waals surface area contributed by atoms with Gasteiger partial charge in [0.1, 0.15) is 5.75 Å². The summed E-state index contributed by atoms with van der Waals surface area (Å²) in [6, 6.07) is 20.0. The Hall–Kier alpha value is -4.00.